The lowest BCUT2D eigenvalue weighted by Gasteiger charge is -2.24. The number of primary amides is 1. The summed E-state index contributed by atoms with van der Waals surface area (Å²) >= 11 is 0. The fourth-order valence-corrected chi connectivity index (χ4v) is 2.55. The van der Waals surface area contributed by atoms with Crippen LogP contribution >= 0.6 is 0 Å². The van der Waals surface area contributed by atoms with E-state index in [9.17, 15) is 23.8 Å². The molecule has 0 saturated carbocycles. The van der Waals surface area contributed by atoms with Crippen molar-refractivity contribution in [2.45, 2.75) is 38.9 Å². The highest BCUT2D eigenvalue weighted by molar-refractivity contribution is 6.02. The van der Waals surface area contributed by atoms with E-state index in [1.165, 1.54) is 26.0 Å². The molecule has 152 valence electrons. The van der Waals surface area contributed by atoms with Crippen molar-refractivity contribution in [1.82, 2.24) is 0 Å². The van der Waals surface area contributed by atoms with E-state index in [-0.39, 0.29) is 35.7 Å². The third kappa shape index (κ3) is 5.40. The lowest BCUT2D eigenvalue weighted by atomic mass is 10.00. The van der Waals surface area contributed by atoms with Crippen LogP contribution in [0.2, 0.25) is 0 Å². The average molecular weight is 394 g/mol. The number of hydrogen-bond acceptors (Lipinski definition) is 5. The highest BCUT2D eigenvalue weighted by Gasteiger charge is 2.25. The molecule has 1 unspecified atom stereocenters. The number of aliphatic hydroxyl groups excluding tert-OH is 1. The van der Waals surface area contributed by atoms with Gasteiger partial charge in [-0.15, -0.1) is 0 Å². The number of amides is 1. The number of hydrogen-bond donors (Lipinski definition) is 4. The van der Waals surface area contributed by atoms with Crippen molar-refractivity contribution in [3.63, 3.8) is 0 Å². The lowest BCUT2D eigenvalue weighted by Crippen LogP contribution is -2.36. The second-order valence-corrected chi connectivity index (χ2v) is 7.11. The number of benzene rings is 2. The molecule has 0 radical (unpaired) electrons. The number of ether oxygens (including phenoxy) is 1. The SMILES string of the molecule is Cc1ccc(Nc2cc(F)cc(OCCC(O)C(C)(C)O)c2C(N)=O)c(F)c1. The molecule has 0 saturated heterocycles. The maximum Gasteiger partial charge on any atom is 0.254 e. The smallest absolute Gasteiger partial charge is 0.254 e. The highest BCUT2D eigenvalue weighted by Crippen LogP contribution is 2.31. The summed E-state index contributed by atoms with van der Waals surface area (Å²) in [6.45, 7) is 4.49. The first-order chi connectivity index (χ1) is 13.0. The van der Waals surface area contributed by atoms with E-state index in [4.69, 9.17) is 10.5 Å². The zero-order valence-electron chi connectivity index (χ0n) is 15.9. The van der Waals surface area contributed by atoms with Gasteiger partial charge in [-0.05, 0) is 44.5 Å². The molecule has 0 aliphatic heterocycles. The minimum absolute atomic E-state index is 0.0353. The summed E-state index contributed by atoms with van der Waals surface area (Å²) in [5, 5.41) is 22.3. The molecule has 2 aromatic rings. The van der Waals surface area contributed by atoms with Gasteiger partial charge < -0.3 is 26.0 Å². The Morgan fingerprint density at radius 3 is 2.50 bits per heavy atom. The van der Waals surface area contributed by atoms with Gasteiger partial charge in [-0.1, -0.05) is 6.07 Å². The first-order valence-electron chi connectivity index (χ1n) is 8.69. The number of rotatable bonds is 8. The Hall–Kier alpha value is -2.71. The zero-order chi connectivity index (χ0) is 21.1. The Morgan fingerprint density at radius 2 is 1.93 bits per heavy atom. The van der Waals surface area contributed by atoms with E-state index >= 15 is 0 Å². The van der Waals surface area contributed by atoms with Gasteiger partial charge in [0, 0.05) is 12.5 Å². The van der Waals surface area contributed by atoms with E-state index in [1.54, 1.807) is 13.0 Å². The van der Waals surface area contributed by atoms with E-state index < -0.39 is 29.2 Å². The number of nitrogens with one attached hydrogen (secondary N) is 1. The fourth-order valence-electron chi connectivity index (χ4n) is 2.55. The molecule has 2 aromatic carbocycles. The van der Waals surface area contributed by atoms with E-state index in [1.807, 2.05) is 0 Å². The molecule has 1 amide bonds. The van der Waals surface area contributed by atoms with Crippen LogP contribution in [0, 0.1) is 18.6 Å². The van der Waals surface area contributed by atoms with E-state index in [2.05, 4.69) is 5.32 Å². The van der Waals surface area contributed by atoms with Gasteiger partial charge in [0.2, 0.25) is 0 Å². The quantitative estimate of drug-likeness (QED) is 0.551. The van der Waals surface area contributed by atoms with Gasteiger partial charge in [-0.3, -0.25) is 4.79 Å². The van der Waals surface area contributed by atoms with Crippen molar-refractivity contribution < 1.29 is 28.5 Å². The van der Waals surface area contributed by atoms with Crippen LogP contribution in [-0.2, 0) is 0 Å². The largest absolute Gasteiger partial charge is 0.492 e. The summed E-state index contributed by atoms with van der Waals surface area (Å²) in [4.78, 5) is 11.9. The van der Waals surface area contributed by atoms with E-state index in [0.29, 0.717) is 5.56 Å². The maximum atomic E-state index is 14.1. The van der Waals surface area contributed by atoms with Crippen LogP contribution in [-0.4, -0.2) is 34.4 Å². The first-order valence-corrected chi connectivity index (χ1v) is 8.69. The Labute approximate surface area is 161 Å². The van der Waals surface area contributed by atoms with Gasteiger partial charge in [-0.25, -0.2) is 8.78 Å². The normalized spacial score (nSPS) is 12.5. The Bertz CT molecular complexity index is 866. The molecular weight excluding hydrogens is 370 g/mol. The van der Waals surface area contributed by atoms with Crippen LogP contribution in [0.1, 0.15) is 36.2 Å². The minimum Gasteiger partial charge on any atom is -0.492 e. The molecule has 8 heteroatoms. The summed E-state index contributed by atoms with van der Waals surface area (Å²) in [5.74, 6) is -2.34. The number of aryl methyl sites for hydroxylation is 1. The lowest BCUT2D eigenvalue weighted by molar-refractivity contribution is -0.0557. The number of nitrogens with two attached hydrogens (primary N) is 1. The van der Waals surface area contributed by atoms with Crippen LogP contribution in [0.15, 0.2) is 30.3 Å². The van der Waals surface area contributed by atoms with Crippen molar-refractivity contribution in [3.05, 3.63) is 53.1 Å². The van der Waals surface area contributed by atoms with Crippen LogP contribution < -0.4 is 15.8 Å². The van der Waals surface area contributed by atoms with Crippen molar-refractivity contribution in [2.75, 3.05) is 11.9 Å². The number of halogens is 2. The van der Waals surface area contributed by atoms with Crippen molar-refractivity contribution in [3.8, 4) is 5.75 Å². The van der Waals surface area contributed by atoms with Gasteiger partial charge >= 0.3 is 0 Å². The summed E-state index contributed by atoms with van der Waals surface area (Å²) in [5.41, 5.74) is 4.62. The predicted octanol–water partition coefficient (Wildman–Crippen LogP) is 3.02. The number of aliphatic hydroxyl groups is 2. The van der Waals surface area contributed by atoms with Gasteiger partial charge in [-0.2, -0.15) is 0 Å². The van der Waals surface area contributed by atoms with Gasteiger partial charge in [0.25, 0.3) is 5.91 Å². The standard InChI is InChI=1S/C20H24F2N2O4/c1-11-4-5-14(13(22)8-11)24-15-9-12(21)10-16(18(15)19(23)26)28-7-6-17(25)20(2,3)27/h4-5,8-10,17,24-25,27H,6-7H2,1-3H3,(H2,23,26). The molecule has 28 heavy (non-hydrogen) atoms. The Morgan fingerprint density at radius 1 is 1.25 bits per heavy atom. The summed E-state index contributed by atoms with van der Waals surface area (Å²) in [7, 11) is 0. The monoisotopic (exact) mass is 394 g/mol. The highest BCUT2D eigenvalue weighted by atomic mass is 19.1. The average Bonchev–Trinajstić information content (AvgIpc) is 2.55. The molecule has 0 aromatic heterocycles. The molecule has 1 atom stereocenters. The summed E-state index contributed by atoms with van der Waals surface area (Å²) in [6.07, 6.45) is -1.05. The van der Waals surface area contributed by atoms with Crippen molar-refractivity contribution in [2.24, 2.45) is 5.73 Å². The van der Waals surface area contributed by atoms with Gasteiger partial charge in [0.15, 0.2) is 0 Å². The number of anilines is 2. The maximum absolute atomic E-state index is 14.1. The summed E-state index contributed by atoms with van der Waals surface area (Å²) < 4.78 is 33.6. The zero-order valence-corrected chi connectivity index (χ0v) is 15.9. The minimum atomic E-state index is -1.34. The van der Waals surface area contributed by atoms with Crippen molar-refractivity contribution in [1.29, 1.82) is 0 Å². The molecule has 0 fully saturated rings. The molecule has 5 N–H and O–H groups in total. The Kier molecular flexibility index (Phi) is 6.58. The first kappa shape index (κ1) is 21.6. The third-order valence-electron chi connectivity index (χ3n) is 4.17. The molecule has 6 nitrogen and oxygen atoms in total. The molecular formula is C20H24F2N2O4. The predicted molar refractivity (Wildman–Crippen MR) is 102 cm³/mol. The van der Waals surface area contributed by atoms with Crippen molar-refractivity contribution >= 4 is 17.3 Å². The van der Waals surface area contributed by atoms with Crippen LogP contribution in [0.25, 0.3) is 0 Å². The Balaban J connectivity index is 2.30. The third-order valence-corrected chi connectivity index (χ3v) is 4.17. The molecule has 0 aliphatic rings. The number of carbonyl (C=O) groups is 1. The molecule has 0 heterocycles. The molecule has 2 rings (SSSR count). The van der Waals surface area contributed by atoms with E-state index in [0.717, 1.165) is 12.1 Å². The van der Waals surface area contributed by atoms with Gasteiger partial charge in [0.05, 0.1) is 29.7 Å². The molecule has 0 bridgehead atoms. The molecule has 0 spiro atoms. The summed E-state index contributed by atoms with van der Waals surface area (Å²) in [6, 6.07) is 6.40. The van der Waals surface area contributed by atoms with Crippen LogP contribution in [0.4, 0.5) is 20.2 Å². The number of carbonyl (C=O) groups excluding carboxylic acids is 1. The fraction of sp³-hybridized carbons (Fsp3) is 0.350. The second-order valence-electron chi connectivity index (χ2n) is 7.11. The topological polar surface area (TPSA) is 105 Å². The van der Waals surface area contributed by atoms with Gasteiger partial charge in [0.1, 0.15) is 22.9 Å². The van der Waals surface area contributed by atoms with Crippen LogP contribution in [0.5, 0.6) is 5.75 Å². The van der Waals surface area contributed by atoms with Crippen LogP contribution in [0.3, 0.4) is 0 Å². The second kappa shape index (κ2) is 8.53. The molecule has 0 aliphatic carbocycles.